The van der Waals surface area contributed by atoms with E-state index in [1.165, 1.54) is 7.11 Å². The maximum absolute atomic E-state index is 13.1. The third-order valence-electron chi connectivity index (χ3n) is 5.52. The summed E-state index contributed by atoms with van der Waals surface area (Å²) in [5.74, 6) is 0.484. The first-order valence-electron chi connectivity index (χ1n) is 10.2. The first-order valence-corrected chi connectivity index (χ1v) is 11.0. The molecule has 8 heteroatoms. The Labute approximate surface area is 194 Å². The van der Waals surface area contributed by atoms with Crippen LogP contribution in [0.15, 0.2) is 68.1 Å². The first-order chi connectivity index (χ1) is 15.2. The summed E-state index contributed by atoms with van der Waals surface area (Å²) in [5.41, 5.74) is 6.31. The van der Waals surface area contributed by atoms with Crippen LogP contribution >= 0.6 is 15.9 Å². The molecule has 0 fully saturated rings. The van der Waals surface area contributed by atoms with E-state index in [1.54, 1.807) is 12.1 Å². The van der Waals surface area contributed by atoms with Crippen LogP contribution in [0.2, 0.25) is 0 Å². The van der Waals surface area contributed by atoms with Gasteiger partial charge in [-0.05, 0) is 41.8 Å². The van der Waals surface area contributed by atoms with E-state index in [1.807, 2.05) is 38.1 Å². The zero-order chi connectivity index (χ0) is 23.0. The minimum absolute atomic E-state index is 0.0639. The van der Waals surface area contributed by atoms with Crippen LogP contribution in [0.25, 0.3) is 0 Å². The normalized spacial score (nSPS) is 20.0. The number of Topliss-reactive ketones (excluding diaryl/α,β-unsaturated/α-hetero) is 1. The molecule has 0 saturated heterocycles. The minimum Gasteiger partial charge on any atom is -0.486 e. The quantitative estimate of drug-likeness (QED) is 0.591. The maximum atomic E-state index is 13.1. The molecule has 2 heterocycles. The summed E-state index contributed by atoms with van der Waals surface area (Å²) >= 11 is 3.39. The fourth-order valence-electron chi connectivity index (χ4n) is 4.09. The molecular weight excluding hydrogens is 478 g/mol. The largest absolute Gasteiger partial charge is 0.486 e. The number of carbonyl (C=O) groups is 2. The smallest absolute Gasteiger partial charge is 0.340 e. The van der Waals surface area contributed by atoms with Gasteiger partial charge in [0.15, 0.2) is 5.78 Å². The molecule has 32 heavy (non-hydrogen) atoms. The topological polar surface area (TPSA) is 101 Å². The van der Waals surface area contributed by atoms with Crippen LogP contribution in [0.4, 0.5) is 0 Å². The third kappa shape index (κ3) is 4.32. The number of ketones is 1. The lowest BCUT2D eigenvalue weighted by Crippen LogP contribution is -2.35. The van der Waals surface area contributed by atoms with Crippen molar-refractivity contribution < 1.29 is 28.2 Å². The molecule has 0 unspecified atom stereocenters. The van der Waals surface area contributed by atoms with Crippen LogP contribution in [-0.4, -0.2) is 18.9 Å². The molecule has 1 aromatic heterocycles. The fraction of sp³-hybridized carbons (Fsp3) is 0.333. The third-order valence-corrected chi connectivity index (χ3v) is 6.05. The van der Waals surface area contributed by atoms with Gasteiger partial charge >= 0.3 is 5.97 Å². The number of methoxy groups -OCH3 is 1. The molecule has 0 amide bonds. The lowest BCUT2D eigenvalue weighted by molar-refractivity contribution is -0.136. The number of allylic oxidation sites excluding steroid dienone is 2. The molecule has 0 radical (unpaired) electrons. The number of hydrogen-bond donors (Lipinski definition) is 1. The number of esters is 1. The standard InChI is InChI=1S/C24H24BrNO6/c1-24(2)10-16(27)19-18(11-24)32-22(26)21(23(28)29-3)20(19)17-9-8-15(31-17)12-30-14-6-4-13(25)5-7-14/h4-9,20H,10-12,26H2,1-3H3/t20-/m1/s1. The molecule has 0 saturated carbocycles. The molecule has 1 aliphatic carbocycles. The van der Waals surface area contributed by atoms with Gasteiger partial charge in [-0.15, -0.1) is 0 Å². The number of halogens is 1. The van der Waals surface area contributed by atoms with Crippen LogP contribution in [-0.2, 0) is 25.7 Å². The molecule has 2 aliphatic rings. The molecule has 7 nitrogen and oxygen atoms in total. The predicted molar refractivity (Wildman–Crippen MR) is 119 cm³/mol. The Bertz CT molecular complexity index is 1130. The summed E-state index contributed by atoms with van der Waals surface area (Å²) in [7, 11) is 1.26. The van der Waals surface area contributed by atoms with Crippen molar-refractivity contribution in [3.05, 3.63) is 75.2 Å². The predicted octanol–water partition coefficient (Wildman–Crippen LogP) is 4.72. The SMILES string of the molecule is COC(=O)C1=C(N)OC2=C(C(=O)CC(C)(C)C2)[C@H]1c1ccc(COc2ccc(Br)cc2)o1. The highest BCUT2D eigenvalue weighted by atomic mass is 79.9. The number of rotatable bonds is 5. The molecule has 1 atom stereocenters. The van der Waals surface area contributed by atoms with E-state index in [2.05, 4.69) is 15.9 Å². The summed E-state index contributed by atoms with van der Waals surface area (Å²) in [6.45, 7) is 4.17. The van der Waals surface area contributed by atoms with Crippen LogP contribution in [0.5, 0.6) is 5.75 Å². The molecule has 1 aliphatic heterocycles. The van der Waals surface area contributed by atoms with Gasteiger partial charge in [-0.2, -0.15) is 0 Å². The van der Waals surface area contributed by atoms with Gasteiger partial charge in [0.2, 0.25) is 5.88 Å². The molecule has 4 rings (SSSR count). The number of benzene rings is 1. The van der Waals surface area contributed by atoms with Crippen molar-refractivity contribution in [3.63, 3.8) is 0 Å². The zero-order valence-electron chi connectivity index (χ0n) is 18.1. The highest BCUT2D eigenvalue weighted by Gasteiger charge is 2.46. The van der Waals surface area contributed by atoms with Crippen molar-refractivity contribution in [3.8, 4) is 5.75 Å². The summed E-state index contributed by atoms with van der Waals surface area (Å²) in [6.07, 6.45) is 0.861. The van der Waals surface area contributed by atoms with E-state index >= 15 is 0 Å². The number of furan rings is 1. The Balaban J connectivity index is 1.67. The summed E-state index contributed by atoms with van der Waals surface area (Å²) < 4.78 is 23.4. The molecule has 2 aromatic rings. The summed E-state index contributed by atoms with van der Waals surface area (Å²) in [5, 5.41) is 0. The average Bonchev–Trinajstić information content (AvgIpc) is 3.19. The lowest BCUT2D eigenvalue weighted by Gasteiger charge is -2.37. The first kappa shape index (κ1) is 22.2. The monoisotopic (exact) mass is 501 g/mol. The van der Waals surface area contributed by atoms with Gasteiger partial charge in [-0.3, -0.25) is 4.79 Å². The number of nitrogens with two attached hydrogens (primary N) is 1. The second-order valence-corrected chi connectivity index (χ2v) is 9.54. The summed E-state index contributed by atoms with van der Waals surface area (Å²) in [4.78, 5) is 25.7. The van der Waals surface area contributed by atoms with Crippen molar-refractivity contribution in [2.75, 3.05) is 7.11 Å². The van der Waals surface area contributed by atoms with Gasteiger partial charge in [0.25, 0.3) is 0 Å². The van der Waals surface area contributed by atoms with Crippen LogP contribution < -0.4 is 10.5 Å². The second kappa shape index (κ2) is 8.50. The molecule has 2 N–H and O–H groups in total. The van der Waals surface area contributed by atoms with Gasteiger partial charge < -0.3 is 24.4 Å². The van der Waals surface area contributed by atoms with Gasteiger partial charge in [0.1, 0.15) is 35.2 Å². The number of ether oxygens (including phenoxy) is 3. The van der Waals surface area contributed by atoms with Gasteiger partial charge in [0, 0.05) is 22.9 Å². The van der Waals surface area contributed by atoms with E-state index in [9.17, 15) is 9.59 Å². The van der Waals surface area contributed by atoms with Crippen molar-refractivity contribution in [2.24, 2.45) is 11.1 Å². The Morgan fingerprint density at radius 1 is 1.19 bits per heavy atom. The van der Waals surface area contributed by atoms with Crippen LogP contribution in [0, 0.1) is 5.41 Å². The van der Waals surface area contributed by atoms with Crippen molar-refractivity contribution in [1.82, 2.24) is 0 Å². The molecule has 0 spiro atoms. The van der Waals surface area contributed by atoms with Crippen molar-refractivity contribution in [1.29, 1.82) is 0 Å². The van der Waals surface area contributed by atoms with Gasteiger partial charge in [-0.1, -0.05) is 29.8 Å². The number of hydrogen-bond acceptors (Lipinski definition) is 7. The van der Waals surface area contributed by atoms with E-state index in [0.717, 1.165) is 4.47 Å². The molecular formula is C24H24BrNO6. The van der Waals surface area contributed by atoms with Crippen LogP contribution in [0.1, 0.15) is 44.1 Å². The second-order valence-electron chi connectivity index (χ2n) is 8.63. The van der Waals surface area contributed by atoms with E-state index in [-0.39, 0.29) is 29.3 Å². The van der Waals surface area contributed by atoms with Crippen LogP contribution in [0.3, 0.4) is 0 Å². The Morgan fingerprint density at radius 3 is 2.59 bits per heavy atom. The minimum atomic E-state index is -0.795. The highest BCUT2D eigenvalue weighted by molar-refractivity contribution is 9.10. The Hall–Kier alpha value is -3.00. The van der Waals surface area contributed by atoms with E-state index < -0.39 is 11.9 Å². The number of carbonyl (C=O) groups excluding carboxylic acids is 2. The molecule has 0 bridgehead atoms. The zero-order valence-corrected chi connectivity index (χ0v) is 19.7. The van der Waals surface area contributed by atoms with Gasteiger partial charge in [-0.25, -0.2) is 4.79 Å². The lowest BCUT2D eigenvalue weighted by atomic mass is 9.71. The molecule has 1 aromatic carbocycles. The van der Waals surface area contributed by atoms with E-state index in [0.29, 0.717) is 41.4 Å². The molecule has 168 valence electrons. The van der Waals surface area contributed by atoms with Gasteiger partial charge in [0.05, 0.1) is 13.0 Å². The Kier molecular flexibility index (Phi) is 5.90. The Morgan fingerprint density at radius 2 is 1.91 bits per heavy atom. The average molecular weight is 502 g/mol. The summed E-state index contributed by atoms with van der Waals surface area (Å²) in [6, 6.07) is 10.9. The van der Waals surface area contributed by atoms with E-state index in [4.69, 9.17) is 24.4 Å². The van der Waals surface area contributed by atoms with Crippen molar-refractivity contribution >= 4 is 27.7 Å². The van der Waals surface area contributed by atoms with Crippen molar-refractivity contribution in [2.45, 2.75) is 39.2 Å². The highest BCUT2D eigenvalue weighted by Crippen LogP contribution is 2.48. The fourth-order valence-corrected chi connectivity index (χ4v) is 4.35. The maximum Gasteiger partial charge on any atom is 0.340 e.